The number of nitrogens with zero attached hydrogens (tertiary/aromatic N) is 3. The van der Waals surface area contributed by atoms with Crippen molar-refractivity contribution in [1.82, 2.24) is 20.2 Å². The van der Waals surface area contributed by atoms with E-state index in [4.69, 9.17) is 10.6 Å². The molecule has 1 saturated carbocycles. The van der Waals surface area contributed by atoms with Crippen LogP contribution in [0.5, 0.6) is 5.75 Å². The molecular weight excluding hydrogens is 362 g/mol. The molecule has 0 saturated heterocycles. The normalized spacial score (nSPS) is 16.1. The molecule has 7 nitrogen and oxygen atoms in total. The van der Waals surface area contributed by atoms with Gasteiger partial charge in [-0.3, -0.25) is 4.79 Å². The minimum absolute atomic E-state index is 0.0135. The van der Waals surface area contributed by atoms with E-state index in [-0.39, 0.29) is 11.2 Å². The van der Waals surface area contributed by atoms with Gasteiger partial charge in [-0.05, 0) is 49.9 Å². The standard InChI is InChI=1S/C19H27N5O2S/c1-13(18(25)21-12-14-6-4-3-5-7-14)27-19-23-22-17(24(19)20)15-8-10-16(26-2)11-9-15/h8-11,13-14H,3-7,12,20H2,1-2H3,(H,21,25). The number of hydrogen-bond acceptors (Lipinski definition) is 6. The van der Waals surface area contributed by atoms with Crippen LogP contribution in [0, 0.1) is 5.92 Å². The number of methoxy groups -OCH3 is 1. The summed E-state index contributed by atoms with van der Waals surface area (Å²) in [6, 6.07) is 7.44. The molecule has 1 unspecified atom stereocenters. The lowest BCUT2D eigenvalue weighted by Gasteiger charge is -2.22. The Morgan fingerprint density at radius 1 is 1.30 bits per heavy atom. The summed E-state index contributed by atoms with van der Waals surface area (Å²) in [6.45, 7) is 2.62. The number of hydrogen-bond donors (Lipinski definition) is 2. The third kappa shape index (κ3) is 4.94. The van der Waals surface area contributed by atoms with Crippen LogP contribution < -0.4 is 15.9 Å². The first kappa shape index (κ1) is 19.5. The third-order valence-corrected chi connectivity index (χ3v) is 6.01. The first-order valence-electron chi connectivity index (χ1n) is 9.37. The van der Waals surface area contributed by atoms with Crippen LogP contribution in [0.4, 0.5) is 0 Å². The van der Waals surface area contributed by atoms with Gasteiger partial charge in [-0.2, -0.15) is 0 Å². The van der Waals surface area contributed by atoms with Gasteiger partial charge in [0.05, 0.1) is 12.4 Å². The number of nitrogens with two attached hydrogens (primary N) is 1. The van der Waals surface area contributed by atoms with Crippen molar-refractivity contribution in [2.75, 3.05) is 19.5 Å². The number of carbonyl (C=O) groups is 1. The van der Waals surface area contributed by atoms with Gasteiger partial charge < -0.3 is 15.9 Å². The smallest absolute Gasteiger partial charge is 0.233 e. The predicted molar refractivity (Wildman–Crippen MR) is 107 cm³/mol. The quantitative estimate of drug-likeness (QED) is 0.558. The fourth-order valence-corrected chi connectivity index (χ4v) is 4.08. The van der Waals surface area contributed by atoms with E-state index in [9.17, 15) is 4.79 Å². The van der Waals surface area contributed by atoms with Gasteiger partial charge in [-0.25, -0.2) is 4.68 Å². The van der Waals surface area contributed by atoms with Crippen LogP contribution in [0.15, 0.2) is 29.4 Å². The molecule has 8 heteroatoms. The number of benzene rings is 1. The number of thioether (sulfide) groups is 1. The maximum absolute atomic E-state index is 12.4. The fraction of sp³-hybridized carbons (Fsp3) is 0.526. The molecule has 2 aromatic rings. The zero-order valence-electron chi connectivity index (χ0n) is 15.9. The lowest BCUT2D eigenvalue weighted by atomic mass is 9.89. The summed E-state index contributed by atoms with van der Waals surface area (Å²) in [5, 5.41) is 11.6. The van der Waals surface area contributed by atoms with Gasteiger partial charge in [-0.15, -0.1) is 10.2 Å². The van der Waals surface area contributed by atoms with Gasteiger partial charge in [0, 0.05) is 12.1 Å². The van der Waals surface area contributed by atoms with E-state index in [2.05, 4.69) is 15.5 Å². The molecule has 1 fully saturated rings. The third-order valence-electron chi connectivity index (χ3n) is 4.95. The fourth-order valence-electron chi connectivity index (χ4n) is 3.29. The molecule has 1 atom stereocenters. The number of carbonyl (C=O) groups excluding carboxylic acids is 1. The Morgan fingerprint density at radius 2 is 2.00 bits per heavy atom. The average Bonchev–Trinajstić information content (AvgIpc) is 3.07. The Bertz CT molecular complexity index is 756. The van der Waals surface area contributed by atoms with Crippen molar-refractivity contribution in [3.05, 3.63) is 24.3 Å². The molecule has 146 valence electrons. The molecule has 0 bridgehead atoms. The van der Waals surface area contributed by atoms with E-state index < -0.39 is 0 Å². The van der Waals surface area contributed by atoms with Crippen LogP contribution in [0.2, 0.25) is 0 Å². The van der Waals surface area contributed by atoms with Crippen molar-refractivity contribution >= 4 is 17.7 Å². The molecule has 1 aliphatic rings. The Kier molecular flexibility index (Phi) is 6.60. The monoisotopic (exact) mass is 389 g/mol. The molecule has 1 aromatic carbocycles. The minimum atomic E-state index is -0.288. The van der Waals surface area contributed by atoms with E-state index in [1.807, 2.05) is 31.2 Å². The second kappa shape index (κ2) is 9.12. The summed E-state index contributed by atoms with van der Waals surface area (Å²) in [5.74, 6) is 8.09. The minimum Gasteiger partial charge on any atom is -0.497 e. The number of nitrogen functional groups attached to an aromatic ring is 1. The summed E-state index contributed by atoms with van der Waals surface area (Å²) >= 11 is 1.32. The van der Waals surface area contributed by atoms with Crippen LogP contribution >= 0.6 is 11.8 Å². The summed E-state index contributed by atoms with van der Waals surface area (Å²) in [7, 11) is 1.62. The van der Waals surface area contributed by atoms with Crippen LogP contribution in [-0.4, -0.2) is 39.7 Å². The van der Waals surface area contributed by atoms with E-state index in [1.165, 1.54) is 48.5 Å². The van der Waals surface area contributed by atoms with Gasteiger partial charge in [-0.1, -0.05) is 31.0 Å². The molecule has 1 aliphatic carbocycles. The topological polar surface area (TPSA) is 95.1 Å². The lowest BCUT2D eigenvalue weighted by Crippen LogP contribution is -2.35. The van der Waals surface area contributed by atoms with Crippen LogP contribution in [0.3, 0.4) is 0 Å². The Hall–Kier alpha value is -2.22. The van der Waals surface area contributed by atoms with Gasteiger partial charge >= 0.3 is 0 Å². The second-order valence-electron chi connectivity index (χ2n) is 6.91. The Labute approximate surface area is 164 Å². The Balaban J connectivity index is 1.58. The van der Waals surface area contributed by atoms with E-state index >= 15 is 0 Å². The van der Waals surface area contributed by atoms with E-state index in [0.717, 1.165) is 17.9 Å². The van der Waals surface area contributed by atoms with Crippen molar-refractivity contribution in [2.45, 2.75) is 49.4 Å². The van der Waals surface area contributed by atoms with Crippen molar-refractivity contribution in [3.8, 4) is 17.1 Å². The molecule has 1 amide bonds. The highest BCUT2D eigenvalue weighted by molar-refractivity contribution is 8.00. The highest BCUT2D eigenvalue weighted by Gasteiger charge is 2.21. The molecule has 27 heavy (non-hydrogen) atoms. The number of ether oxygens (including phenoxy) is 1. The molecule has 3 N–H and O–H groups in total. The van der Waals surface area contributed by atoms with Gasteiger partial charge in [0.25, 0.3) is 0 Å². The van der Waals surface area contributed by atoms with Gasteiger partial charge in [0.1, 0.15) is 5.75 Å². The van der Waals surface area contributed by atoms with E-state index in [0.29, 0.717) is 16.9 Å². The summed E-state index contributed by atoms with van der Waals surface area (Å²) in [6.07, 6.45) is 6.29. The first-order valence-corrected chi connectivity index (χ1v) is 10.3. The highest BCUT2D eigenvalue weighted by atomic mass is 32.2. The molecule has 3 rings (SSSR count). The zero-order valence-corrected chi connectivity index (χ0v) is 16.7. The number of amides is 1. The van der Waals surface area contributed by atoms with Crippen molar-refractivity contribution in [1.29, 1.82) is 0 Å². The largest absolute Gasteiger partial charge is 0.497 e. The SMILES string of the molecule is COc1ccc(-c2nnc(SC(C)C(=O)NCC3CCCCC3)n2N)cc1. The molecule has 0 radical (unpaired) electrons. The first-order chi connectivity index (χ1) is 13.1. The maximum atomic E-state index is 12.4. The summed E-state index contributed by atoms with van der Waals surface area (Å²) < 4.78 is 6.59. The highest BCUT2D eigenvalue weighted by Crippen LogP contribution is 2.26. The summed E-state index contributed by atoms with van der Waals surface area (Å²) in [5.41, 5.74) is 0.840. The van der Waals surface area contributed by atoms with Gasteiger partial charge in [0.15, 0.2) is 5.82 Å². The summed E-state index contributed by atoms with van der Waals surface area (Å²) in [4.78, 5) is 12.4. The van der Waals surface area contributed by atoms with Crippen molar-refractivity contribution in [3.63, 3.8) is 0 Å². The number of aromatic nitrogens is 3. The maximum Gasteiger partial charge on any atom is 0.233 e. The molecule has 1 aromatic heterocycles. The molecular formula is C19H27N5O2S. The van der Waals surface area contributed by atoms with Crippen LogP contribution in [-0.2, 0) is 4.79 Å². The predicted octanol–water partition coefficient (Wildman–Crippen LogP) is 2.84. The number of nitrogens with one attached hydrogen (secondary N) is 1. The number of rotatable bonds is 7. The molecule has 0 spiro atoms. The zero-order chi connectivity index (χ0) is 19.2. The lowest BCUT2D eigenvalue weighted by molar-refractivity contribution is -0.120. The van der Waals surface area contributed by atoms with Crippen LogP contribution in [0.1, 0.15) is 39.0 Å². The van der Waals surface area contributed by atoms with Crippen LogP contribution in [0.25, 0.3) is 11.4 Å². The molecule has 1 heterocycles. The van der Waals surface area contributed by atoms with Gasteiger partial charge in [0.2, 0.25) is 11.1 Å². The van der Waals surface area contributed by atoms with E-state index in [1.54, 1.807) is 7.11 Å². The second-order valence-corrected chi connectivity index (χ2v) is 8.22. The Morgan fingerprint density at radius 3 is 2.67 bits per heavy atom. The van der Waals surface area contributed by atoms with Crippen molar-refractivity contribution in [2.24, 2.45) is 5.92 Å². The van der Waals surface area contributed by atoms with Crippen molar-refractivity contribution < 1.29 is 9.53 Å². The molecule has 0 aliphatic heterocycles. The average molecular weight is 390 g/mol.